The van der Waals surface area contributed by atoms with E-state index in [9.17, 15) is 13.2 Å². The minimum atomic E-state index is -3.25. The maximum atomic E-state index is 12.7. The maximum absolute atomic E-state index is 12.7. The van der Waals surface area contributed by atoms with Crippen LogP contribution in [0.2, 0.25) is 0 Å². The maximum Gasteiger partial charge on any atom is 0.254 e. The molecule has 7 nitrogen and oxygen atoms in total. The summed E-state index contributed by atoms with van der Waals surface area (Å²) >= 11 is 0. The average Bonchev–Trinajstić information content (AvgIpc) is 3.27. The molecule has 2 heterocycles. The number of amides is 1. The van der Waals surface area contributed by atoms with E-state index in [0.717, 1.165) is 12.8 Å². The first-order valence-corrected chi connectivity index (χ1v) is 9.62. The van der Waals surface area contributed by atoms with Crippen LogP contribution >= 0.6 is 0 Å². The van der Waals surface area contributed by atoms with Crippen LogP contribution in [0.1, 0.15) is 30.1 Å². The highest BCUT2D eigenvalue weighted by molar-refractivity contribution is 7.91. The fourth-order valence-electron chi connectivity index (χ4n) is 2.97. The van der Waals surface area contributed by atoms with Gasteiger partial charge in [0.25, 0.3) is 5.91 Å². The third kappa shape index (κ3) is 3.33. The summed E-state index contributed by atoms with van der Waals surface area (Å²) < 4.78 is 25.4. The molecule has 0 aliphatic carbocycles. The summed E-state index contributed by atoms with van der Waals surface area (Å²) in [4.78, 5) is 18.8. The van der Waals surface area contributed by atoms with Gasteiger partial charge in [0.2, 0.25) is 0 Å². The number of carbonyl (C=O) groups is 1. The van der Waals surface area contributed by atoms with Gasteiger partial charge < -0.3 is 4.90 Å². The Morgan fingerprint density at radius 2 is 2.04 bits per heavy atom. The summed E-state index contributed by atoms with van der Waals surface area (Å²) in [5.41, 5.74) is 0.510. The lowest BCUT2D eigenvalue weighted by Crippen LogP contribution is -2.38. The van der Waals surface area contributed by atoms with Crippen molar-refractivity contribution < 1.29 is 13.2 Å². The average molecular weight is 348 g/mol. The number of benzene rings is 1. The zero-order valence-corrected chi connectivity index (χ0v) is 14.3. The molecule has 0 bridgehead atoms. The Morgan fingerprint density at radius 1 is 1.29 bits per heavy atom. The molecule has 0 N–H and O–H groups in total. The summed E-state index contributed by atoms with van der Waals surface area (Å²) in [6.07, 6.45) is 5.00. The number of nitrogens with zero attached hydrogens (tertiary/aromatic N) is 4. The van der Waals surface area contributed by atoms with Crippen molar-refractivity contribution in [2.45, 2.75) is 37.2 Å². The summed E-state index contributed by atoms with van der Waals surface area (Å²) in [7, 11) is -3.25. The zero-order valence-electron chi connectivity index (χ0n) is 13.5. The standard InChI is InChI=1S/C16H20N4O3S/c1-2-24(22,23)15-7-5-13(6-8-15)16(21)20-9-3-4-14(20)10-19-12-17-11-18-19/h5-8,11-12,14H,2-4,9-10H2,1H3/t14-/m1/s1. The van der Waals surface area contributed by atoms with Gasteiger partial charge in [-0.05, 0) is 37.1 Å². The van der Waals surface area contributed by atoms with Crippen LogP contribution in [0.25, 0.3) is 0 Å². The Balaban J connectivity index is 1.75. The van der Waals surface area contributed by atoms with Crippen molar-refractivity contribution >= 4 is 15.7 Å². The van der Waals surface area contributed by atoms with E-state index in [1.165, 1.54) is 18.5 Å². The molecule has 1 fully saturated rings. The van der Waals surface area contributed by atoms with Crippen LogP contribution in [0.4, 0.5) is 0 Å². The molecule has 1 atom stereocenters. The Hall–Kier alpha value is -2.22. The molecule has 0 saturated carbocycles. The predicted molar refractivity (Wildman–Crippen MR) is 88.2 cm³/mol. The molecule has 1 aromatic heterocycles. The van der Waals surface area contributed by atoms with Gasteiger partial charge in [-0.3, -0.25) is 9.48 Å². The van der Waals surface area contributed by atoms with Gasteiger partial charge >= 0.3 is 0 Å². The number of likely N-dealkylation sites (tertiary alicyclic amines) is 1. The largest absolute Gasteiger partial charge is 0.334 e. The lowest BCUT2D eigenvalue weighted by Gasteiger charge is -2.24. The Kier molecular flexibility index (Phi) is 4.66. The van der Waals surface area contributed by atoms with E-state index in [4.69, 9.17) is 0 Å². The van der Waals surface area contributed by atoms with Gasteiger partial charge in [0.1, 0.15) is 12.7 Å². The van der Waals surface area contributed by atoms with Crippen molar-refractivity contribution in [3.8, 4) is 0 Å². The summed E-state index contributed by atoms with van der Waals surface area (Å²) in [6, 6.07) is 6.28. The molecule has 128 valence electrons. The fourth-order valence-corrected chi connectivity index (χ4v) is 3.86. The summed E-state index contributed by atoms with van der Waals surface area (Å²) in [6.45, 7) is 2.93. The monoisotopic (exact) mass is 348 g/mol. The summed E-state index contributed by atoms with van der Waals surface area (Å²) in [5, 5.41) is 4.10. The molecule has 3 rings (SSSR count). The molecule has 1 aromatic carbocycles. The SMILES string of the molecule is CCS(=O)(=O)c1ccc(C(=O)N2CCC[C@@H]2Cn2cncn2)cc1. The summed E-state index contributed by atoms with van der Waals surface area (Å²) in [5.74, 6) is -0.0232. The van der Waals surface area contributed by atoms with Crippen LogP contribution in [0, 0.1) is 0 Å². The van der Waals surface area contributed by atoms with E-state index in [1.807, 2.05) is 4.90 Å². The van der Waals surface area contributed by atoms with Crippen LogP contribution in [0.5, 0.6) is 0 Å². The van der Waals surface area contributed by atoms with Gasteiger partial charge in [-0.15, -0.1) is 0 Å². The van der Waals surface area contributed by atoms with Crippen LogP contribution in [-0.2, 0) is 16.4 Å². The minimum absolute atomic E-state index is 0.0480. The van der Waals surface area contributed by atoms with Crippen LogP contribution in [-0.4, -0.2) is 52.3 Å². The number of rotatable bonds is 5. The van der Waals surface area contributed by atoms with Crippen molar-refractivity contribution in [2.24, 2.45) is 0 Å². The van der Waals surface area contributed by atoms with E-state index < -0.39 is 9.84 Å². The molecule has 0 spiro atoms. The van der Waals surface area contributed by atoms with E-state index in [1.54, 1.807) is 30.1 Å². The quantitative estimate of drug-likeness (QED) is 0.815. The molecule has 2 aromatic rings. The van der Waals surface area contributed by atoms with Crippen LogP contribution in [0.3, 0.4) is 0 Å². The Labute approximate surface area is 141 Å². The highest BCUT2D eigenvalue weighted by Gasteiger charge is 2.30. The second kappa shape index (κ2) is 6.72. The molecular weight excluding hydrogens is 328 g/mol. The van der Waals surface area contributed by atoms with Crippen molar-refractivity contribution in [2.75, 3.05) is 12.3 Å². The lowest BCUT2D eigenvalue weighted by atomic mass is 10.1. The smallest absolute Gasteiger partial charge is 0.254 e. The number of aromatic nitrogens is 3. The Bertz CT molecular complexity index is 800. The number of hydrogen-bond donors (Lipinski definition) is 0. The first-order valence-electron chi connectivity index (χ1n) is 7.97. The highest BCUT2D eigenvalue weighted by atomic mass is 32.2. The fraction of sp³-hybridized carbons (Fsp3) is 0.438. The van der Waals surface area contributed by atoms with E-state index in [2.05, 4.69) is 10.1 Å². The van der Waals surface area contributed by atoms with Crippen LogP contribution in [0.15, 0.2) is 41.8 Å². The minimum Gasteiger partial charge on any atom is -0.334 e. The molecule has 0 unspecified atom stereocenters. The molecule has 8 heteroatoms. The van der Waals surface area contributed by atoms with Gasteiger partial charge in [0.05, 0.1) is 23.2 Å². The molecule has 1 amide bonds. The van der Waals surface area contributed by atoms with Gasteiger partial charge in [-0.2, -0.15) is 5.10 Å². The van der Waals surface area contributed by atoms with Gasteiger partial charge in [-0.1, -0.05) is 6.92 Å². The number of sulfone groups is 1. The third-order valence-corrected chi connectivity index (χ3v) is 6.09. The topological polar surface area (TPSA) is 85.2 Å². The van der Waals surface area contributed by atoms with Gasteiger partial charge in [0, 0.05) is 12.1 Å². The first-order chi connectivity index (χ1) is 11.5. The molecule has 1 aliphatic rings. The van der Waals surface area contributed by atoms with Crippen molar-refractivity contribution in [3.63, 3.8) is 0 Å². The molecule has 0 radical (unpaired) electrons. The van der Waals surface area contributed by atoms with Crippen molar-refractivity contribution in [1.29, 1.82) is 0 Å². The van der Waals surface area contributed by atoms with Gasteiger partial charge in [0.15, 0.2) is 9.84 Å². The van der Waals surface area contributed by atoms with Crippen LogP contribution < -0.4 is 0 Å². The van der Waals surface area contributed by atoms with E-state index in [0.29, 0.717) is 18.7 Å². The van der Waals surface area contributed by atoms with Gasteiger partial charge in [-0.25, -0.2) is 13.4 Å². The van der Waals surface area contributed by atoms with E-state index in [-0.39, 0.29) is 22.6 Å². The molecule has 1 saturated heterocycles. The van der Waals surface area contributed by atoms with Crippen molar-refractivity contribution in [1.82, 2.24) is 19.7 Å². The second-order valence-electron chi connectivity index (χ2n) is 5.84. The molecule has 24 heavy (non-hydrogen) atoms. The zero-order chi connectivity index (χ0) is 17.2. The second-order valence-corrected chi connectivity index (χ2v) is 8.12. The van der Waals surface area contributed by atoms with E-state index >= 15 is 0 Å². The third-order valence-electron chi connectivity index (χ3n) is 4.34. The van der Waals surface area contributed by atoms with Crippen molar-refractivity contribution in [3.05, 3.63) is 42.5 Å². The number of carbonyl (C=O) groups excluding carboxylic acids is 1. The Morgan fingerprint density at radius 3 is 2.67 bits per heavy atom. The molecule has 1 aliphatic heterocycles. The first kappa shape index (κ1) is 16.6. The highest BCUT2D eigenvalue weighted by Crippen LogP contribution is 2.22. The predicted octanol–water partition coefficient (Wildman–Crippen LogP) is 1.38. The number of hydrogen-bond acceptors (Lipinski definition) is 5. The molecular formula is C16H20N4O3S. The lowest BCUT2D eigenvalue weighted by molar-refractivity contribution is 0.0721. The normalized spacial score (nSPS) is 18.0.